The van der Waals surface area contributed by atoms with Gasteiger partial charge in [-0.2, -0.15) is 13.2 Å². The van der Waals surface area contributed by atoms with Crippen molar-refractivity contribution in [2.75, 3.05) is 25.0 Å². The van der Waals surface area contributed by atoms with Gasteiger partial charge in [0.2, 0.25) is 0 Å². The van der Waals surface area contributed by atoms with Crippen LogP contribution >= 0.6 is 0 Å². The first-order valence-corrected chi connectivity index (χ1v) is 7.46. The van der Waals surface area contributed by atoms with Crippen molar-refractivity contribution < 1.29 is 27.9 Å². The molecule has 0 aliphatic carbocycles. The molecule has 2 aliphatic heterocycles. The zero-order chi connectivity index (χ0) is 17.5. The molecule has 1 saturated heterocycles. The number of urea groups is 1. The maximum atomic E-state index is 12.8. The molecule has 1 unspecified atom stereocenters. The van der Waals surface area contributed by atoms with E-state index in [-0.39, 0.29) is 12.5 Å². The van der Waals surface area contributed by atoms with Crippen LogP contribution in [-0.4, -0.2) is 53.4 Å². The number of anilines is 1. The maximum Gasteiger partial charge on any atom is 0.419 e. The van der Waals surface area contributed by atoms with Crippen molar-refractivity contribution in [2.24, 2.45) is 0 Å². The average Bonchev–Trinajstić information content (AvgIpc) is 2.92. The molecule has 0 radical (unpaired) electrons. The molecule has 9 heteroatoms. The summed E-state index contributed by atoms with van der Waals surface area (Å²) in [4.78, 5) is 24.9. The largest absolute Gasteiger partial charge is 0.419 e. The summed E-state index contributed by atoms with van der Waals surface area (Å²) in [7, 11) is 0. The van der Waals surface area contributed by atoms with Crippen molar-refractivity contribution >= 4 is 17.6 Å². The third kappa shape index (κ3) is 2.79. The first-order valence-electron chi connectivity index (χ1n) is 7.46. The first-order chi connectivity index (χ1) is 11.2. The number of amides is 3. The molecular formula is C15H16F3N3O3. The summed E-state index contributed by atoms with van der Waals surface area (Å²) in [6.07, 6.45) is -4.82. The van der Waals surface area contributed by atoms with Crippen LogP contribution in [0.15, 0.2) is 18.2 Å². The van der Waals surface area contributed by atoms with Gasteiger partial charge in [0.05, 0.1) is 6.54 Å². The number of nitrogens with one attached hydrogen (secondary N) is 2. The standard InChI is InChI=1S/C15H16F3N3O3/c16-15(17,18)14(24)5-7-21(8-14)13(23)20-11-3-1-2-10-9(11)4-6-19-12(10)22/h1-3,24H,4-8H2,(H,19,22)(H,20,23). The van der Waals surface area contributed by atoms with Gasteiger partial charge in [-0.15, -0.1) is 0 Å². The number of rotatable bonds is 1. The highest BCUT2D eigenvalue weighted by atomic mass is 19.4. The molecule has 1 fully saturated rings. The zero-order valence-corrected chi connectivity index (χ0v) is 12.6. The average molecular weight is 343 g/mol. The number of fused-ring (bicyclic) bond motifs is 1. The summed E-state index contributed by atoms with van der Waals surface area (Å²) in [5, 5.41) is 14.9. The normalized spacial score (nSPS) is 23.7. The third-order valence-corrected chi connectivity index (χ3v) is 4.39. The number of alkyl halides is 3. The van der Waals surface area contributed by atoms with E-state index in [1.807, 2.05) is 0 Å². The van der Waals surface area contributed by atoms with Gasteiger partial charge in [-0.3, -0.25) is 4.79 Å². The van der Waals surface area contributed by atoms with Gasteiger partial charge in [-0.1, -0.05) is 6.07 Å². The van der Waals surface area contributed by atoms with Crippen molar-refractivity contribution in [2.45, 2.75) is 24.6 Å². The van der Waals surface area contributed by atoms with E-state index in [0.717, 1.165) is 4.90 Å². The van der Waals surface area contributed by atoms with Crippen LogP contribution in [0.2, 0.25) is 0 Å². The fourth-order valence-corrected chi connectivity index (χ4v) is 2.98. The predicted octanol–water partition coefficient (Wildman–Crippen LogP) is 1.50. The van der Waals surface area contributed by atoms with E-state index < -0.39 is 30.8 Å². The van der Waals surface area contributed by atoms with Crippen LogP contribution in [0.4, 0.5) is 23.7 Å². The van der Waals surface area contributed by atoms with Crippen LogP contribution in [-0.2, 0) is 6.42 Å². The summed E-state index contributed by atoms with van der Waals surface area (Å²) in [6.45, 7) is -0.578. The van der Waals surface area contributed by atoms with Gasteiger partial charge in [-0.25, -0.2) is 4.79 Å². The molecule has 3 rings (SSSR count). The second kappa shape index (κ2) is 5.66. The molecule has 3 N–H and O–H groups in total. The lowest BCUT2D eigenvalue weighted by atomic mass is 9.98. The molecule has 2 aliphatic rings. The molecule has 1 aromatic rings. The third-order valence-electron chi connectivity index (χ3n) is 4.39. The SMILES string of the molecule is O=C1NCCc2c(NC(=O)N3CCC(O)(C(F)(F)F)C3)cccc21. The van der Waals surface area contributed by atoms with Gasteiger partial charge >= 0.3 is 12.2 Å². The van der Waals surface area contributed by atoms with Crippen LogP contribution in [0.3, 0.4) is 0 Å². The lowest BCUT2D eigenvalue weighted by Gasteiger charge is -2.26. The Labute approximate surface area is 135 Å². The van der Waals surface area contributed by atoms with E-state index in [0.29, 0.717) is 29.8 Å². The van der Waals surface area contributed by atoms with E-state index in [1.54, 1.807) is 18.2 Å². The zero-order valence-electron chi connectivity index (χ0n) is 12.6. The Morgan fingerprint density at radius 3 is 2.79 bits per heavy atom. The number of likely N-dealkylation sites (tertiary alicyclic amines) is 1. The van der Waals surface area contributed by atoms with Crippen LogP contribution in [0.25, 0.3) is 0 Å². The highest BCUT2D eigenvalue weighted by Crippen LogP contribution is 2.37. The van der Waals surface area contributed by atoms with Gasteiger partial charge < -0.3 is 20.6 Å². The molecule has 0 spiro atoms. The monoisotopic (exact) mass is 343 g/mol. The number of nitrogens with zero attached hydrogens (tertiary/aromatic N) is 1. The number of aliphatic hydroxyl groups is 1. The lowest BCUT2D eigenvalue weighted by Crippen LogP contribution is -2.48. The Kier molecular flexibility index (Phi) is 3.90. The van der Waals surface area contributed by atoms with E-state index in [9.17, 15) is 27.9 Å². The highest BCUT2D eigenvalue weighted by molar-refractivity contribution is 6.00. The Balaban J connectivity index is 1.75. The summed E-state index contributed by atoms with van der Waals surface area (Å²) in [5.41, 5.74) is -1.39. The first kappa shape index (κ1) is 16.6. The van der Waals surface area contributed by atoms with Gasteiger partial charge in [0.15, 0.2) is 5.60 Å². The summed E-state index contributed by atoms with van der Waals surface area (Å²) >= 11 is 0. The Morgan fingerprint density at radius 2 is 2.12 bits per heavy atom. The quantitative estimate of drug-likeness (QED) is 0.723. The van der Waals surface area contributed by atoms with Crippen molar-refractivity contribution in [3.63, 3.8) is 0 Å². The number of carbonyl (C=O) groups excluding carboxylic acids is 2. The minimum Gasteiger partial charge on any atom is -0.379 e. The number of hydrogen-bond donors (Lipinski definition) is 3. The van der Waals surface area contributed by atoms with E-state index in [4.69, 9.17) is 0 Å². The predicted molar refractivity (Wildman–Crippen MR) is 78.7 cm³/mol. The summed E-state index contributed by atoms with van der Waals surface area (Å²) in [5.74, 6) is -0.250. The summed E-state index contributed by atoms with van der Waals surface area (Å²) < 4.78 is 38.5. The second-order valence-electron chi connectivity index (χ2n) is 5.97. The molecule has 1 aromatic carbocycles. The van der Waals surface area contributed by atoms with Gasteiger partial charge in [0.1, 0.15) is 0 Å². The molecule has 3 amide bonds. The maximum absolute atomic E-state index is 12.8. The molecule has 1 atom stereocenters. The van der Waals surface area contributed by atoms with Crippen molar-refractivity contribution in [3.8, 4) is 0 Å². The minimum atomic E-state index is -4.79. The number of carbonyl (C=O) groups is 2. The van der Waals surface area contributed by atoms with Crippen LogP contribution < -0.4 is 10.6 Å². The van der Waals surface area contributed by atoms with Gasteiger partial charge in [-0.05, 0) is 24.1 Å². The van der Waals surface area contributed by atoms with Crippen molar-refractivity contribution in [1.29, 1.82) is 0 Å². The van der Waals surface area contributed by atoms with Crippen LogP contribution in [0.5, 0.6) is 0 Å². The van der Waals surface area contributed by atoms with E-state index in [1.165, 1.54) is 0 Å². The highest BCUT2D eigenvalue weighted by Gasteiger charge is 2.57. The Morgan fingerprint density at radius 1 is 1.38 bits per heavy atom. The van der Waals surface area contributed by atoms with Gasteiger partial charge in [0, 0.05) is 30.8 Å². The smallest absolute Gasteiger partial charge is 0.379 e. The number of halogens is 3. The van der Waals surface area contributed by atoms with Crippen LogP contribution in [0.1, 0.15) is 22.3 Å². The topological polar surface area (TPSA) is 81.7 Å². The van der Waals surface area contributed by atoms with E-state index in [2.05, 4.69) is 10.6 Å². The molecule has 0 saturated carbocycles. The molecular weight excluding hydrogens is 327 g/mol. The van der Waals surface area contributed by atoms with Gasteiger partial charge in [0.25, 0.3) is 5.91 Å². The van der Waals surface area contributed by atoms with E-state index >= 15 is 0 Å². The molecule has 0 bridgehead atoms. The fraction of sp³-hybridized carbons (Fsp3) is 0.467. The minimum absolute atomic E-state index is 0.197. The fourth-order valence-electron chi connectivity index (χ4n) is 2.98. The number of benzene rings is 1. The number of β-amino-alcohol motifs (C(OH)–C–C–N with tert-alkyl or cyclic N) is 1. The molecule has 2 heterocycles. The Hall–Kier alpha value is -2.29. The molecule has 6 nitrogen and oxygen atoms in total. The molecule has 130 valence electrons. The lowest BCUT2D eigenvalue weighted by molar-refractivity contribution is -0.253. The second-order valence-corrected chi connectivity index (χ2v) is 5.97. The van der Waals surface area contributed by atoms with Crippen molar-refractivity contribution in [1.82, 2.24) is 10.2 Å². The molecule has 0 aromatic heterocycles. The van der Waals surface area contributed by atoms with Crippen LogP contribution in [0, 0.1) is 0 Å². The molecule has 24 heavy (non-hydrogen) atoms. The summed E-state index contributed by atoms with van der Waals surface area (Å²) in [6, 6.07) is 4.09. The van der Waals surface area contributed by atoms with Crippen molar-refractivity contribution in [3.05, 3.63) is 29.3 Å². The number of hydrogen-bond acceptors (Lipinski definition) is 3. The Bertz CT molecular complexity index is 692.